The van der Waals surface area contributed by atoms with Crippen LogP contribution in [0.4, 0.5) is 20.2 Å². The van der Waals surface area contributed by atoms with Crippen LogP contribution >= 0.6 is 0 Å². The summed E-state index contributed by atoms with van der Waals surface area (Å²) >= 11 is 0. The number of ether oxygens (including phenoxy) is 4. The molecule has 4 aliphatic rings. The van der Waals surface area contributed by atoms with Crippen LogP contribution in [0, 0.1) is 11.8 Å². The maximum Gasteiger partial charge on any atom is 0.410 e. The van der Waals surface area contributed by atoms with Crippen molar-refractivity contribution in [2.24, 2.45) is 11.8 Å². The number of nitrogens with zero attached hydrogens (tertiary/aromatic N) is 6. The van der Waals surface area contributed by atoms with Crippen molar-refractivity contribution in [2.45, 2.75) is 103 Å². The number of hydrogen-bond donors (Lipinski definition) is 1. The first-order valence-electron chi connectivity index (χ1n) is 19.1. The number of anilines is 1. The molecule has 14 heteroatoms. The van der Waals surface area contributed by atoms with Gasteiger partial charge in [0.2, 0.25) is 5.88 Å². The Kier molecular flexibility index (Phi) is 10.6. The SMILES string of the molecule is CC(C)c1cnn2c(NC3CC4CN(C(=O)OC5CCN(C(=O)OC(C)(C)C)C5)CC4C3)cc(O[C@@H]3CCCN(C(=O)OCc4ccccc4)C3)nc12. The highest BCUT2D eigenvalue weighted by Crippen LogP contribution is 2.40. The summed E-state index contributed by atoms with van der Waals surface area (Å²) < 4.78 is 25.3. The number of rotatable bonds is 8. The number of likely N-dealkylation sites (tertiary alicyclic amines) is 3. The molecule has 286 valence electrons. The van der Waals surface area contributed by atoms with Gasteiger partial charge in [-0.25, -0.2) is 14.4 Å². The van der Waals surface area contributed by atoms with Crippen LogP contribution in [-0.2, 0) is 20.8 Å². The molecule has 4 fully saturated rings. The summed E-state index contributed by atoms with van der Waals surface area (Å²) in [6, 6.07) is 11.8. The van der Waals surface area contributed by atoms with Crippen LogP contribution in [0.3, 0.4) is 0 Å². The van der Waals surface area contributed by atoms with Crippen LogP contribution < -0.4 is 10.1 Å². The first-order chi connectivity index (χ1) is 25.4. The Morgan fingerprint density at radius 3 is 2.32 bits per heavy atom. The number of fused-ring (bicyclic) bond motifs is 2. The first-order valence-corrected chi connectivity index (χ1v) is 19.1. The molecular weight excluding hydrogens is 678 g/mol. The molecule has 4 atom stereocenters. The summed E-state index contributed by atoms with van der Waals surface area (Å²) in [5.74, 6) is 2.23. The standard InChI is InChI=1S/C39H53N7O7/c1-25(2)32-19-40-46-33(18-34(42-35(32)46)51-30-12-9-14-43(22-30)36(47)50-24-26-10-7-6-8-11-26)41-29-16-27-20-45(21-28(27)17-29)37(48)52-31-13-15-44(23-31)38(49)53-39(3,4)5/h6-8,10-11,18-19,25,27-31,41H,9,12-17,20-24H2,1-5H3/t27?,28?,29?,30-,31?/m1/s1. The Hall–Kier alpha value is -4.75. The number of amides is 3. The summed E-state index contributed by atoms with van der Waals surface area (Å²) in [6.07, 6.45) is 4.35. The second kappa shape index (κ2) is 15.3. The predicted molar refractivity (Wildman–Crippen MR) is 197 cm³/mol. The minimum Gasteiger partial charge on any atom is -0.472 e. The molecular formula is C39H53N7O7. The van der Waals surface area contributed by atoms with E-state index in [2.05, 4.69) is 19.2 Å². The van der Waals surface area contributed by atoms with E-state index in [-0.39, 0.29) is 49.1 Å². The third-order valence-corrected chi connectivity index (χ3v) is 10.7. The van der Waals surface area contributed by atoms with Gasteiger partial charge in [0.1, 0.15) is 30.2 Å². The van der Waals surface area contributed by atoms with Gasteiger partial charge in [-0.2, -0.15) is 14.6 Å². The molecule has 5 heterocycles. The zero-order chi connectivity index (χ0) is 37.3. The Bertz CT molecular complexity index is 1760. The van der Waals surface area contributed by atoms with E-state index in [0.29, 0.717) is 63.4 Å². The van der Waals surface area contributed by atoms with Gasteiger partial charge in [-0.3, -0.25) is 0 Å². The topological polar surface area (TPSA) is 140 Å². The molecule has 3 aliphatic heterocycles. The Morgan fingerprint density at radius 2 is 1.60 bits per heavy atom. The van der Waals surface area contributed by atoms with E-state index < -0.39 is 5.60 Å². The van der Waals surface area contributed by atoms with E-state index in [1.807, 2.05) is 72.8 Å². The van der Waals surface area contributed by atoms with Gasteiger partial charge < -0.3 is 39.0 Å². The van der Waals surface area contributed by atoms with E-state index in [9.17, 15) is 14.4 Å². The van der Waals surface area contributed by atoms with Gasteiger partial charge >= 0.3 is 18.3 Å². The summed E-state index contributed by atoms with van der Waals surface area (Å²) in [7, 11) is 0. The van der Waals surface area contributed by atoms with Crippen LogP contribution in [-0.4, -0.2) is 111 Å². The largest absolute Gasteiger partial charge is 0.472 e. The number of carbonyl (C=O) groups excluding carboxylic acids is 3. The van der Waals surface area contributed by atoms with Gasteiger partial charge in [0.15, 0.2) is 5.65 Å². The smallest absolute Gasteiger partial charge is 0.410 e. The number of aromatic nitrogens is 3. The number of carbonyl (C=O) groups is 3. The van der Waals surface area contributed by atoms with Crippen molar-refractivity contribution < 1.29 is 33.3 Å². The summed E-state index contributed by atoms with van der Waals surface area (Å²) in [5, 5.41) is 8.45. The summed E-state index contributed by atoms with van der Waals surface area (Å²) in [4.78, 5) is 48.6. The molecule has 3 amide bonds. The minimum absolute atomic E-state index is 0.190. The summed E-state index contributed by atoms with van der Waals surface area (Å²) in [5.41, 5.74) is 2.16. The van der Waals surface area contributed by atoms with Gasteiger partial charge in [0, 0.05) is 50.3 Å². The number of hydrogen-bond acceptors (Lipinski definition) is 10. The van der Waals surface area contributed by atoms with Gasteiger partial charge in [-0.05, 0) is 69.8 Å². The molecule has 3 unspecified atom stereocenters. The molecule has 0 spiro atoms. The Labute approximate surface area is 311 Å². The van der Waals surface area contributed by atoms with Crippen molar-refractivity contribution in [2.75, 3.05) is 44.6 Å². The fourth-order valence-electron chi connectivity index (χ4n) is 8.02. The molecule has 3 aromatic rings. The monoisotopic (exact) mass is 731 g/mol. The fourth-order valence-corrected chi connectivity index (χ4v) is 8.02. The van der Waals surface area contributed by atoms with Gasteiger partial charge in [-0.1, -0.05) is 44.2 Å². The molecule has 1 aromatic carbocycles. The number of piperidine rings is 1. The average molecular weight is 732 g/mol. The van der Waals surface area contributed by atoms with Crippen LogP contribution in [0.2, 0.25) is 0 Å². The molecule has 14 nitrogen and oxygen atoms in total. The average Bonchev–Trinajstić information content (AvgIpc) is 3.91. The summed E-state index contributed by atoms with van der Waals surface area (Å²) in [6.45, 7) is 13.2. The van der Waals surface area contributed by atoms with Crippen molar-refractivity contribution in [1.29, 1.82) is 0 Å². The fraction of sp³-hybridized carbons (Fsp3) is 0.615. The normalized spacial score (nSPS) is 24.4. The molecule has 53 heavy (non-hydrogen) atoms. The Morgan fingerprint density at radius 1 is 0.887 bits per heavy atom. The van der Waals surface area contributed by atoms with Crippen LogP contribution in [0.15, 0.2) is 42.6 Å². The van der Waals surface area contributed by atoms with Crippen LogP contribution in [0.1, 0.15) is 83.8 Å². The van der Waals surface area contributed by atoms with E-state index in [0.717, 1.165) is 48.3 Å². The van der Waals surface area contributed by atoms with Crippen molar-refractivity contribution in [3.63, 3.8) is 0 Å². The maximum atomic E-state index is 13.2. The second-order valence-corrected chi connectivity index (χ2v) is 16.3. The van der Waals surface area contributed by atoms with E-state index in [4.69, 9.17) is 29.0 Å². The van der Waals surface area contributed by atoms with Crippen LogP contribution in [0.25, 0.3) is 5.65 Å². The van der Waals surface area contributed by atoms with E-state index in [1.54, 1.807) is 9.80 Å². The zero-order valence-corrected chi connectivity index (χ0v) is 31.5. The predicted octanol–water partition coefficient (Wildman–Crippen LogP) is 6.30. The molecule has 1 saturated carbocycles. The highest BCUT2D eigenvalue weighted by atomic mass is 16.6. The molecule has 1 aliphatic carbocycles. The van der Waals surface area contributed by atoms with Crippen molar-refractivity contribution in [3.05, 3.63) is 53.7 Å². The van der Waals surface area contributed by atoms with Gasteiger partial charge in [0.05, 0.1) is 19.3 Å². The second-order valence-electron chi connectivity index (χ2n) is 16.3. The van der Waals surface area contributed by atoms with Crippen molar-refractivity contribution in [1.82, 2.24) is 29.3 Å². The van der Waals surface area contributed by atoms with Gasteiger partial charge in [0.25, 0.3) is 0 Å². The Balaban J connectivity index is 0.946. The molecule has 0 radical (unpaired) electrons. The highest BCUT2D eigenvalue weighted by molar-refractivity contribution is 5.70. The number of nitrogens with one attached hydrogen (secondary N) is 1. The zero-order valence-electron chi connectivity index (χ0n) is 31.5. The van der Waals surface area contributed by atoms with Gasteiger partial charge in [-0.15, -0.1) is 0 Å². The van der Waals surface area contributed by atoms with E-state index in [1.165, 1.54) is 0 Å². The molecule has 0 bridgehead atoms. The lowest BCUT2D eigenvalue weighted by Crippen LogP contribution is -2.44. The molecule has 1 N–H and O–H groups in total. The lowest BCUT2D eigenvalue weighted by molar-refractivity contribution is 0.0243. The van der Waals surface area contributed by atoms with Crippen LogP contribution in [0.5, 0.6) is 5.88 Å². The first kappa shape index (κ1) is 36.6. The maximum absolute atomic E-state index is 13.2. The van der Waals surface area contributed by atoms with E-state index >= 15 is 0 Å². The number of benzene rings is 1. The quantitative estimate of drug-likeness (QED) is 0.263. The highest BCUT2D eigenvalue weighted by Gasteiger charge is 2.44. The minimum atomic E-state index is -0.569. The molecule has 7 rings (SSSR count). The molecule has 3 saturated heterocycles. The lowest BCUT2D eigenvalue weighted by atomic mass is 10.0. The third kappa shape index (κ3) is 8.73. The van der Waals surface area contributed by atoms with Crippen molar-refractivity contribution >= 4 is 29.7 Å². The lowest BCUT2D eigenvalue weighted by Gasteiger charge is -2.32. The molecule has 2 aromatic heterocycles. The third-order valence-electron chi connectivity index (χ3n) is 10.7. The van der Waals surface area contributed by atoms with Crippen molar-refractivity contribution in [3.8, 4) is 5.88 Å².